The lowest BCUT2D eigenvalue weighted by molar-refractivity contribution is -0.135. The van der Waals surface area contributed by atoms with Gasteiger partial charge in [0, 0.05) is 26.2 Å². The van der Waals surface area contributed by atoms with Crippen LogP contribution in [0.1, 0.15) is 33.1 Å². The van der Waals surface area contributed by atoms with Crippen LogP contribution in [0.5, 0.6) is 0 Å². The molecule has 6 heteroatoms. The van der Waals surface area contributed by atoms with E-state index >= 15 is 0 Å². The Labute approximate surface area is 121 Å². The highest BCUT2D eigenvalue weighted by atomic mass is 16.5. The normalized spacial score (nSPS) is 19.5. The van der Waals surface area contributed by atoms with Gasteiger partial charge in [-0.05, 0) is 18.8 Å². The quantitative estimate of drug-likeness (QED) is 0.725. The molecule has 1 fully saturated rings. The summed E-state index contributed by atoms with van der Waals surface area (Å²) in [6, 6.07) is -0.291. The maximum absolute atomic E-state index is 12.2. The first-order chi connectivity index (χ1) is 9.49. The van der Waals surface area contributed by atoms with Gasteiger partial charge in [0.15, 0.2) is 0 Å². The molecule has 0 bridgehead atoms. The first kappa shape index (κ1) is 16.9. The van der Waals surface area contributed by atoms with Gasteiger partial charge in [-0.3, -0.25) is 9.59 Å². The maximum atomic E-state index is 12.2. The topological polar surface area (TPSA) is 84.7 Å². The summed E-state index contributed by atoms with van der Waals surface area (Å²) in [5.41, 5.74) is 5.98. The average molecular weight is 285 g/mol. The van der Waals surface area contributed by atoms with Crippen molar-refractivity contribution in [3.8, 4) is 0 Å². The molecule has 0 aliphatic carbocycles. The monoisotopic (exact) mass is 285 g/mol. The van der Waals surface area contributed by atoms with Gasteiger partial charge in [-0.1, -0.05) is 20.3 Å². The van der Waals surface area contributed by atoms with Gasteiger partial charge in [0.25, 0.3) is 0 Å². The van der Waals surface area contributed by atoms with Crippen LogP contribution in [0.4, 0.5) is 0 Å². The van der Waals surface area contributed by atoms with E-state index in [9.17, 15) is 9.59 Å². The maximum Gasteiger partial charge on any atom is 0.246 e. The van der Waals surface area contributed by atoms with Crippen molar-refractivity contribution in [2.24, 2.45) is 11.7 Å². The van der Waals surface area contributed by atoms with Gasteiger partial charge in [-0.2, -0.15) is 0 Å². The highest BCUT2D eigenvalue weighted by Gasteiger charge is 2.28. The Morgan fingerprint density at radius 1 is 1.40 bits per heavy atom. The van der Waals surface area contributed by atoms with E-state index in [1.54, 1.807) is 0 Å². The largest absolute Gasteiger partial charge is 0.375 e. The second kappa shape index (κ2) is 8.21. The second-order valence-electron chi connectivity index (χ2n) is 5.51. The molecule has 1 saturated heterocycles. The fourth-order valence-corrected chi connectivity index (χ4v) is 2.35. The summed E-state index contributed by atoms with van der Waals surface area (Å²) in [4.78, 5) is 25.5. The van der Waals surface area contributed by atoms with Crippen LogP contribution in [0.3, 0.4) is 0 Å². The van der Waals surface area contributed by atoms with E-state index in [0.29, 0.717) is 13.1 Å². The van der Waals surface area contributed by atoms with Crippen LogP contribution in [0.15, 0.2) is 0 Å². The molecular weight excluding hydrogens is 258 g/mol. The first-order valence-electron chi connectivity index (χ1n) is 7.32. The molecule has 20 heavy (non-hydrogen) atoms. The number of methoxy groups -OCH3 is 1. The Balaban J connectivity index is 2.38. The predicted molar refractivity (Wildman–Crippen MR) is 77.1 cm³/mol. The minimum atomic E-state index is -0.417. The standard InChI is InChI=1S/C14H27N3O3/c1-4-10(2)13(15)14(19)17-7-5-11(6-8-17)16-12(18)9-20-3/h10-11,13H,4-9,15H2,1-3H3,(H,16,18)/t10?,13-/m0/s1. The van der Waals surface area contributed by atoms with E-state index < -0.39 is 6.04 Å². The van der Waals surface area contributed by atoms with Crippen molar-refractivity contribution in [3.63, 3.8) is 0 Å². The number of nitrogens with two attached hydrogens (primary N) is 1. The summed E-state index contributed by atoms with van der Waals surface area (Å²) < 4.78 is 4.78. The molecular formula is C14H27N3O3. The van der Waals surface area contributed by atoms with Gasteiger partial charge in [-0.15, -0.1) is 0 Å². The molecule has 1 unspecified atom stereocenters. The molecule has 0 aromatic rings. The number of piperidine rings is 1. The summed E-state index contributed by atoms with van der Waals surface area (Å²) in [5, 5.41) is 2.91. The van der Waals surface area contributed by atoms with Gasteiger partial charge >= 0.3 is 0 Å². The molecule has 2 atom stereocenters. The number of likely N-dealkylation sites (tertiary alicyclic amines) is 1. The lowest BCUT2D eigenvalue weighted by Gasteiger charge is -2.34. The molecule has 1 aliphatic rings. The molecule has 0 aromatic heterocycles. The van der Waals surface area contributed by atoms with Crippen molar-refractivity contribution in [2.45, 2.75) is 45.2 Å². The minimum absolute atomic E-state index is 0.0287. The highest BCUT2D eigenvalue weighted by Crippen LogP contribution is 2.14. The van der Waals surface area contributed by atoms with Gasteiger partial charge in [-0.25, -0.2) is 0 Å². The molecule has 0 aromatic carbocycles. The van der Waals surface area contributed by atoms with E-state index in [4.69, 9.17) is 10.5 Å². The SMILES string of the molecule is CCC(C)[C@H](N)C(=O)N1CCC(NC(=O)COC)CC1. The van der Waals surface area contributed by atoms with Crippen molar-refractivity contribution in [3.05, 3.63) is 0 Å². The smallest absolute Gasteiger partial charge is 0.246 e. The van der Waals surface area contributed by atoms with E-state index in [2.05, 4.69) is 5.32 Å². The number of hydrogen-bond acceptors (Lipinski definition) is 4. The van der Waals surface area contributed by atoms with Crippen molar-refractivity contribution in [1.29, 1.82) is 0 Å². The number of amides is 2. The summed E-state index contributed by atoms with van der Waals surface area (Å²) in [6.45, 7) is 5.43. The molecule has 0 spiro atoms. The number of nitrogens with zero attached hydrogens (tertiary/aromatic N) is 1. The van der Waals surface area contributed by atoms with Crippen LogP contribution in [0.25, 0.3) is 0 Å². The number of nitrogens with one attached hydrogen (secondary N) is 1. The number of carbonyl (C=O) groups is 2. The van der Waals surface area contributed by atoms with Crippen molar-refractivity contribution in [1.82, 2.24) is 10.2 Å². The van der Waals surface area contributed by atoms with Crippen LogP contribution < -0.4 is 11.1 Å². The molecule has 2 amide bonds. The first-order valence-corrected chi connectivity index (χ1v) is 7.32. The van der Waals surface area contributed by atoms with Crippen molar-refractivity contribution < 1.29 is 14.3 Å². The fraction of sp³-hybridized carbons (Fsp3) is 0.857. The third-order valence-electron chi connectivity index (χ3n) is 3.99. The third kappa shape index (κ3) is 4.76. The van der Waals surface area contributed by atoms with Gasteiger partial charge < -0.3 is 20.7 Å². The van der Waals surface area contributed by atoms with E-state index in [0.717, 1.165) is 19.3 Å². The van der Waals surface area contributed by atoms with E-state index in [-0.39, 0.29) is 30.4 Å². The molecule has 116 valence electrons. The van der Waals surface area contributed by atoms with E-state index in [1.165, 1.54) is 7.11 Å². The Bertz CT molecular complexity index is 328. The fourth-order valence-electron chi connectivity index (χ4n) is 2.35. The van der Waals surface area contributed by atoms with Crippen LogP contribution in [-0.4, -0.2) is 55.6 Å². The molecule has 1 rings (SSSR count). The van der Waals surface area contributed by atoms with Crippen LogP contribution in [-0.2, 0) is 14.3 Å². The van der Waals surface area contributed by atoms with Gasteiger partial charge in [0.2, 0.25) is 11.8 Å². The Hall–Kier alpha value is -1.14. The van der Waals surface area contributed by atoms with Crippen molar-refractivity contribution >= 4 is 11.8 Å². The minimum Gasteiger partial charge on any atom is -0.375 e. The van der Waals surface area contributed by atoms with Gasteiger partial charge in [0.05, 0.1) is 6.04 Å². The lowest BCUT2D eigenvalue weighted by Crippen LogP contribution is -2.52. The molecule has 1 heterocycles. The van der Waals surface area contributed by atoms with Crippen molar-refractivity contribution in [2.75, 3.05) is 26.8 Å². The summed E-state index contributed by atoms with van der Waals surface area (Å²) >= 11 is 0. The number of carbonyl (C=O) groups excluding carboxylic acids is 2. The molecule has 0 radical (unpaired) electrons. The van der Waals surface area contributed by atoms with Crippen LogP contribution in [0, 0.1) is 5.92 Å². The lowest BCUT2D eigenvalue weighted by atomic mass is 9.97. The Kier molecular flexibility index (Phi) is 6.95. The zero-order chi connectivity index (χ0) is 15.1. The number of hydrogen-bond donors (Lipinski definition) is 2. The second-order valence-corrected chi connectivity index (χ2v) is 5.51. The summed E-state index contributed by atoms with van der Waals surface area (Å²) in [6.07, 6.45) is 2.44. The molecule has 3 N–H and O–H groups in total. The van der Waals surface area contributed by atoms with E-state index in [1.807, 2.05) is 18.7 Å². The third-order valence-corrected chi connectivity index (χ3v) is 3.99. The number of rotatable bonds is 6. The summed E-state index contributed by atoms with van der Waals surface area (Å²) in [7, 11) is 1.50. The van der Waals surface area contributed by atoms with Crippen LogP contribution in [0.2, 0.25) is 0 Å². The molecule has 6 nitrogen and oxygen atoms in total. The highest BCUT2D eigenvalue weighted by molar-refractivity contribution is 5.82. The molecule has 0 saturated carbocycles. The zero-order valence-corrected chi connectivity index (χ0v) is 12.7. The van der Waals surface area contributed by atoms with Gasteiger partial charge in [0.1, 0.15) is 6.61 Å². The summed E-state index contributed by atoms with van der Waals surface area (Å²) in [5.74, 6) is 0.122. The molecule has 1 aliphatic heterocycles. The number of ether oxygens (including phenoxy) is 1. The zero-order valence-electron chi connectivity index (χ0n) is 12.7. The Morgan fingerprint density at radius 2 is 2.00 bits per heavy atom. The average Bonchev–Trinajstić information content (AvgIpc) is 2.46. The Morgan fingerprint density at radius 3 is 2.50 bits per heavy atom. The van der Waals surface area contributed by atoms with Crippen LogP contribution >= 0.6 is 0 Å². The predicted octanol–water partition coefficient (Wildman–Crippen LogP) is 0.113.